The van der Waals surface area contributed by atoms with Gasteiger partial charge < -0.3 is 20.2 Å². The molecule has 34 heavy (non-hydrogen) atoms. The second kappa shape index (κ2) is 10.1. The predicted octanol–water partition coefficient (Wildman–Crippen LogP) is 4.32. The van der Waals surface area contributed by atoms with Gasteiger partial charge >= 0.3 is 11.9 Å². The molecule has 1 atom stereocenters. The summed E-state index contributed by atoms with van der Waals surface area (Å²) in [6.45, 7) is 6.15. The van der Waals surface area contributed by atoms with Crippen molar-refractivity contribution in [2.45, 2.75) is 38.7 Å². The lowest BCUT2D eigenvalue weighted by atomic mass is 9.64. The average Bonchev–Trinajstić information content (AvgIpc) is 3.02. The molecule has 0 saturated carbocycles. The second-order valence-electron chi connectivity index (χ2n) is 9.73. The number of hydrogen-bond acceptors (Lipinski definition) is 4. The average molecular weight is 470 g/mol. The van der Waals surface area contributed by atoms with E-state index in [1.54, 1.807) is 6.07 Å². The van der Waals surface area contributed by atoms with E-state index in [0.717, 1.165) is 42.6 Å². The van der Waals surface area contributed by atoms with Crippen LogP contribution in [0.4, 0.5) is 4.39 Å². The highest BCUT2D eigenvalue weighted by molar-refractivity contribution is 5.89. The number of nitrogens with zero attached hydrogens (tertiary/aromatic N) is 1. The number of carboxylic acids is 2. The van der Waals surface area contributed by atoms with Crippen LogP contribution < -0.4 is 0 Å². The molecular formula is C27H32FNO5. The zero-order valence-corrected chi connectivity index (χ0v) is 19.8. The van der Waals surface area contributed by atoms with E-state index >= 15 is 0 Å². The number of halogens is 1. The minimum Gasteiger partial charge on any atom is -0.478 e. The maximum Gasteiger partial charge on any atom is 0.328 e. The van der Waals surface area contributed by atoms with Gasteiger partial charge in [-0.25, -0.2) is 14.0 Å². The summed E-state index contributed by atoms with van der Waals surface area (Å²) in [4.78, 5) is 21.4. The number of aliphatic hydroxyl groups is 1. The maximum absolute atomic E-state index is 14.8. The number of hydrogen-bond donors (Lipinski definition) is 3. The molecule has 1 unspecified atom stereocenters. The van der Waals surface area contributed by atoms with Crippen molar-refractivity contribution < 1.29 is 29.3 Å². The number of carboxylic acid groups (broad SMARTS) is 2. The summed E-state index contributed by atoms with van der Waals surface area (Å²) in [5, 5.41) is 27.8. The quantitative estimate of drug-likeness (QED) is 0.577. The first-order valence-corrected chi connectivity index (χ1v) is 11.4. The molecule has 4 rings (SSSR count). The molecule has 1 saturated heterocycles. The number of piperidine rings is 1. The van der Waals surface area contributed by atoms with E-state index in [0.29, 0.717) is 24.1 Å². The van der Waals surface area contributed by atoms with E-state index in [1.807, 2.05) is 36.4 Å². The third kappa shape index (κ3) is 5.05. The Kier molecular flexibility index (Phi) is 7.58. The Morgan fingerprint density at radius 1 is 1.00 bits per heavy atom. The molecule has 2 aliphatic rings. The Morgan fingerprint density at radius 3 is 2.09 bits per heavy atom. The Bertz CT molecular complexity index is 1060. The molecule has 0 spiro atoms. The first kappa shape index (κ1) is 25.6. The standard InChI is InChI=1S/C23H28FNO.C4H4O4/c1-22(2)15-19-20(24)10-9-18(16-7-5-4-6-8-16)21(19)23(22,26)17-11-13-25(3)14-12-17;5-3(6)1-2-4(7)8/h4-10,17,26H,11-15H2,1-3H3;1-2H,(H,5,6)(H,7,8). The third-order valence-corrected chi connectivity index (χ3v) is 7.05. The highest BCUT2D eigenvalue weighted by atomic mass is 19.1. The van der Waals surface area contributed by atoms with E-state index in [4.69, 9.17) is 10.2 Å². The van der Waals surface area contributed by atoms with E-state index in [9.17, 15) is 19.1 Å². The summed E-state index contributed by atoms with van der Waals surface area (Å²) in [5.74, 6) is -2.55. The van der Waals surface area contributed by atoms with Gasteiger partial charge in [-0.2, -0.15) is 0 Å². The second-order valence-corrected chi connectivity index (χ2v) is 9.73. The summed E-state index contributed by atoms with van der Waals surface area (Å²) in [5.41, 5.74) is 2.18. The number of aliphatic carboxylic acids is 2. The van der Waals surface area contributed by atoms with Gasteiger partial charge in [0.15, 0.2) is 0 Å². The van der Waals surface area contributed by atoms with Crippen LogP contribution in [0.25, 0.3) is 11.1 Å². The van der Waals surface area contributed by atoms with Gasteiger partial charge in [0.2, 0.25) is 0 Å². The summed E-state index contributed by atoms with van der Waals surface area (Å²) in [6.07, 6.45) is 3.59. The molecule has 182 valence electrons. The first-order valence-electron chi connectivity index (χ1n) is 11.4. The summed E-state index contributed by atoms with van der Waals surface area (Å²) in [6, 6.07) is 13.5. The molecule has 2 aromatic carbocycles. The highest BCUT2D eigenvalue weighted by Crippen LogP contribution is 2.58. The molecular weight excluding hydrogens is 437 g/mol. The Morgan fingerprint density at radius 2 is 1.56 bits per heavy atom. The Labute approximate surface area is 199 Å². The van der Waals surface area contributed by atoms with Crippen LogP contribution in [0.5, 0.6) is 0 Å². The molecule has 3 N–H and O–H groups in total. The highest BCUT2D eigenvalue weighted by Gasteiger charge is 2.57. The van der Waals surface area contributed by atoms with Gasteiger partial charge in [0.1, 0.15) is 5.82 Å². The lowest BCUT2D eigenvalue weighted by Gasteiger charge is -2.47. The smallest absolute Gasteiger partial charge is 0.328 e. The van der Waals surface area contributed by atoms with Crippen LogP contribution >= 0.6 is 0 Å². The van der Waals surface area contributed by atoms with Crippen molar-refractivity contribution in [2.75, 3.05) is 20.1 Å². The van der Waals surface area contributed by atoms with Crippen LogP contribution in [0.2, 0.25) is 0 Å². The third-order valence-electron chi connectivity index (χ3n) is 7.05. The van der Waals surface area contributed by atoms with E-state index in [-0.39, 0.29) is 17.2 Å². The first-order chi connectivity index (χ1) is 16.0. The molecule has 0 radical (unpaired) electrons. The number of likely N-dealkylation sites (tertiary alicyclic amines) is 1. The molecule has 1 fully saturated rings. The van der Waals surface area contributed by atoms with E-state index in [1.165, 1.54) is 0 Å². The van der Waals surface area contributed by atoms with Crippen LogP contribution in [-0.4, -0.2) is 52.3 Å². The van der Waals surface area contributed by atoms with Crippen molar-refractivity contribution in [3.05, 3.63) is 71.6 Å². The van der Waals surface area contributed by atoms with Crippen molar-refractivity contribution in [3.63, 3.8) is 0 Å². The predicted molar refractivity (Wildman–Crippen MR) is 128 cm³/mol. The van der Waals surface area contributed by atoms with Gasteiger partial charge in [-0.1, -0.05) is 50.2 Å². The lowest BCUT2D eigenvalue weighted by Crippen LogP contribution is -2.49. The maximum atomic E-state index is 14.8. The lowest BCUT2D eigenvalue weighted by molar-refractivity contribution is -0.134. The van der Waals surface area contributed by atoms with Crippen molar-refractivity contribution in [1.29, 1.82) is 0 Å². The largest absolute Gasteiger partial charge is 0.478 e. The fourth-order valence-electron chi connectivity index (χ4n) is 5.33. The molecule has 0 bridgehead atoms. The summed E-state index contributed by atoms with van der Waals surface area (Å²) in [7, 11) is 2.13. The fraction of sp³-hybridized carbons (Fsp3) is 0.407. The fourth-order valence-corrected chi connectivity index (χ4v) is 5.33. The minimum absolute atomic E-state index is 0.152. The molecule has 1 heterocycles. The van der Waals surface area contributed by atoms with Gasteiger partial charge in [-0.15, -0.1) is 0 Å². The van der Waals surface area contributed by atoms with Crippen molar-refractivity contribution in [1.82, 2.24) is 4.90 Å². The SMILES string of the molecule is CN1CCC(C2(O)c3c(-c4ccccc4)ccc(F)c3CC2(C)C)CC1.O=C(O)C=CC(=O)O. The normalized spacial score (nSPS) is 22.1. The molecule has 2 aromatic rings. The monoisotopic (exact) mass is 469 g/mol. The van der Waals surface area contributed by atoms with Gasteiger partial charge in [-0.3, -0.25) is 0 Å². The number of carbonyl (C=O) groups is 2. The number of benzene rings is 2. The van der Waals surface area contributed by atoms with Gasteiger partial charge in [-0.05, 0) is 73.6 Å². The van der Waals surface area contributed by atoms with Crippen LogP contribution in [0.3, 0.4) is 0 Å². The topological polar surface area (TPSA) is 98.1 Å². The van der Waals surface area contributed by atoms with Crippen LogP contribution in [0, 0.1) is 17.2 Å². The van der Waals surface area contributed by atoms with Crippen molar-refractivity contribution in [2.24, 2.45) is 11.3 Å². The van der Waals surface area contributed by atoms with Crippen molar-refractivity contribution in [3.8, 4) is 11.1 Å². The van der Waals surface area contributed by atoms with E-state index < -0.39 is 17.5 Å². The minimum atomic E-state index is -1.26. The molecule has 1 aliphatic heterocycles. The molecule has 7 heteroatoms. The van der Waals surface area contributed by atoms with E-state index in [2.05, 4.69) is 25.8 Å². The molecule has 0 aromatic heterocycles. The zero-order chi connectivity index (χ0) is 25.1. The number of fused-ring (bicyclic) bond motifs is 1. The zero-order valence-electron chi connectivity index (χ0n) is 19.8. The summed E-state index contributed by atoms with van der Waals surface area (Å²) >= 11 is 0. The Balaban J connectivity index is 0.000000350. The molecule has 6 nitrogen and oxygen atoms in total. The van der Waals surface area contributed by atoms with Gasteiger partial charge in [0, 0.05) is 17.6 Å². The Hall–Kier alpha value is -3.03. The van der Waals surface area contributed by atoms with Crippen molar-refractivity contribution >= 4 is 11.9 Å². The van der Waals surface area contributed by atoms with Crippen LogP contribution in [-0.2, 0) is 21.6 Å². The summed E-state index contributed by atoms with van der Waals surface area (Å²) < 4.78 is 14.8. The molecule has 1 aliphatic carbocycles. The van der Waals surface area contributed by atoms with Crippen LogP contribution in [0.1, 0.15) is 37.8 Å². The van der Waals surface area contributed by atoms with Gasteiger partial charge in [0.25, 0.3) is 0 Å². The number of rotatable bonds is 4. The molecule has 0 amide bonds. The van der Waals surface area contributed by atoms with Gasteiger partial charge in [0.05, 0.1) is 5.60 Å². The van der Waals surface area contributed by atoms with Crippen LogP contribution in [0.15, 0.2) is 54.6 Å².